The SMILES string of the molecule is O=C1COc2cccc(NS(=O)(=O)c3ccc(F)cc3)c2N1. The number of anilines is 2. The molecule has 22 heavy (non-hydrogen) atoms. The maximum Gasteiger partial charge on any atom is 0.262 e. The number of carbonyl (C=O) groups excluding carboxylic acids is 1. The van der Waals surface area contributed by atoms with Gasteiger partial charge in [-0.2, -0.15) is 0 Å². The summed E-state index contributed by atoms with van der Waals surface area (Å²) >= 11 is 0. The van der Waals surface area contributed by atoms with E-state index in [-0.39, 0.29) is 28.8 Å². The Morgan fingerprint density at radius 2 is 1.86 bits per heavy atom. The van der Waals surface area contributed by atoms with Gasteiger partial charge in [-0.3, -0.25) is 9.52 Å². The second-order valence-corrected chi connectivity index (χ2v) is 6.26. The predicted molar refractivity (Wildman–Crippen MR) is 77.8 cm³/mol. The highest BCUT2D eigenvalue weighted by atomic mass is 32.2. The van der Waals surface area contributed by atoms with Crippen LogP contribution in [0.1, 0.15) is 0 Å². The van der Waals surface area contributed by atoms with E-state index in [4.69, 9.17) is 4.74 Å². The van der Waals surface area contributed by atoms with Crippen LogP contribution >= 0.6 is 0 Å². The molecule has 8 heteroatoms. The second-order valence-electron chi connectivity index (χ2n) is 4.57. The number of halogens is 1. The van der Waals surface area contributed by atoms with Crippen LogP contribution in [-0.2, 0) is 14.8 Å². The molecule has 0 aliphatic carbocycles. The van der Waals surface area contributed by atoms with E-state index in [0.29, 0.717) is 5.75 Å². The van der Waals surface area contributed by atoms with Crippen LogP contribution in [0.15, 0.2) is 47.4 Å². The Hall–Kier alpha value is -2.61. The molecule has 1 amide bonds. The number of hydrogen-bond acceptors (Lipinski definition) is 4. The summed E-state index contributed by atoms with van der Waals surface area (Å²) in [7, 11) is -3.90. The lowest BCUT2D eigenvalue weighted by molar-refractivity contribution is -0.118. The third kappa shape index (κ3) is 2.73. The van der Waals surface area contributed by atoms with E-state index in [1.807, 2.05) is 0 Å². The minimum atomic E-state index is -3.90. The minimum Gasteiger partial charge on any atom is -0.481 e. The Balaban J connectivity index is 1.96. The summed E-state index contributed by atoms with van der Waals surface area (Å²) < 4.78 is 45.1. The van der Waals surface area contributed by atoms with Crippen LogP contribution in [0.2, 0.25) is 0 Å². The lowest BCUT2D eigenvalue weighted by atomic mass is 10.2. The molecule has 2 aromatic rings. The van der Waals surface area contributed by atoms with E-state index < -0.39 is 15.8 Å². The zero-order valence-corrected chi connectivity index (χ0v) is 12.0. The van der Waals surface area contributed by atoms with Crippen molar-refractivity contribution in [3.63, 3.8) is 0 Å². The quantitative estimate of drug-likeness (QED) is 0.904. The van der Waals surface area contributed by atoms with Crippen LogP contribution in [0.5, 0.6) is 5.75 Å². The van der Waals surface area contributed by atoms with Crippen molar-refractivity contribution >= 4 is 27.3 Å². The van der Waals surface area contributed by atoms with E-state index in [1.165, 1.54) is 6.07 Å². The van der Waals surface area contributed by atoms with Gasteiger partial charge in [0.1, 0.15) is 17.3 Å². The highest BCUT2D eigenvalue weighted by Crippen LogP contribution is 2.35. The molecule has 2 aromatic carbocycles. The zero-order valence-electron chi connectivity index (χ0n) is 11.2. The Morgan fingerprint density at radius 1 is 1.14 bits per heavy atom. The fourth-order valence-electron chi connectivity index (χ4n) is 2.00. The summed E-state index contributed by atoms with van der Waals surface area (Å²) in [4.78, 5) is 11.3. The third-order valence-electron chi connectivity index (χ3n) is 3.02. The number of rotatable bonds is 3. The van der Waals surface area contributed by atoms with Gasteiger partial charge in [-0.05, 0) is 36.4 Å². The number of para-hydroxylation sites is 1. The summed E-state index contributed by atoms with van der Waals surface area (Å²) in [5, 5.41) is 2.56. The second kappa shape index (κ2) is 5.30. The number of carbonyl (C=O) groups is 1. The van der Waals surface area contributed by atoms with Crippen LogP contribution in [0, 0.1) is 5.82 Å². The van der Waals surface area contributed by atoms with Crippen LogP contribution < -0.4 is 14.8 Å². The molecule has 1 heterocycles. The third-order valence-corrected chi connectivity index (χ3v) is 4.40. The van der Waals surface area contributed by atoms with Crippen molar-refractivity contribution in [3.05, 3.63) is 48.3 Å². The van der Waals surface area contributed by atoms with Crippen LogP contribution in [0.3, 0.4) is 0 Å². The van der Waals surface area contributed by atoms with E-state index >= 15 is 0 Å². The van der Waals surface area contributed by atoms with Gasteiger partial charge in [0.05, 0.1) is 10.6 Å². The molecule has 2 N–H and O–H groups in total. The first-order valence-electron chi connectivity index (χ1n) is 6.30. The molecular formula is C14H11FN2O4S. The number of hydrogen-bond donors (Lipinski definition) is 2. The van der Waals surface area contributed by atoms with Crippen molar-refractivity contribution < 1.29 is 22.3 Å². The average molecular weight is 322 g/mol. The molecule has 3 rings (SSSR count). The van der Waals surface area contributed by atoms with Gasteiger partial charge in [-0.15, -0.1) is 0 Å². The van der Waals surface area contributed by atoms with Crippen molar-refractivity contribution in [2.45, 2.75) is 4.90 Å². The van der Waals surface area contributed by atoms with Gasteiger partial charge in [-0.25, -0.2) is 12.8 Å². The van der Waals surface area contributed by atoms with E-state index in [1.54, 1.807) is 12.1 Å². The highest BCUT2D eigenvalue weighted by molar-refractivity contribution is 7.92. The average Bonchev–Trinajstić information content (AvgIpc) is 2.48. The highest BCUT2D eigenvalue weighted by Gasteiger charge is 2.22. The summed E-state index contributed by atoms with van der Waals surface area (Å²) in [6.07, 6.45) is 0. The number of ether oxygens (including phenoxy) is 1. The number of benzene rings is 2. The maximum atomic E-state index is 12.9. The van der Waals surface area contributed by atoms with E-state index in [9.17, 15) is 17.6 Å². The zero-order chi connectivity index (χ0) is 15.7. The van der Waals surface area contributed by atoms with E-state index in [2.05, 4.69) is 10.0 Å². The molecule has 0 atom stereocenters. The normalized spacial score (nSPS) is 13.8. The molecule has 114 valence electrons. The molecule has 6 nitrogen and oxygen atoms in total. The molecule has 0 spiro atoms. The van der Waals surface area contributed by atoms with Gasteiger partial charge >= 0.3 is 0 Å². The smallest absolute Gasteiger partial charge is 0.262 e. The summed E-state index contributed by atoms with van der Waals surface area (Å²) in [5.41, 5.74) is 0.430. The standard InChI is InChI=1S/C14H11FN2O4S/c15-9-4-6-10(7-5-9)22(19,20)17-11-2-1-3-12-14(11)16-13(18)8-21-12/h1-7,17H,8H2,(H,16,18). The van der Waals surface area contributed by atoms with Crippen LogP contribution in [0.4, 0.5) is 15.8 Å². The Morgan fingerprint density at radius 3 is 2.59 bits per heavy atom. The summed E-state index contributed by atoms with van der Waals surface area (Å²) in [6, 6.07) is 9.13. The molecule has 0 bridgehead atoms. The Labute approximate surface area is 126 Å². The van der Waals surface area contributed by atoms with Gasteiger partial charge in [0.15, 0.2) is 6.61 Å². The minimum absolute atomic E-state index is 0.0884. The summed E-state index contributed by atoms with van der Waals surface area (Å²) in [6.45, 7) is -0.124. The van der Waals surface area contributed by atoms with Crippen molar-refractivity contribution in [2.24, 2.45) is 0 Å². The molecule has 0 saturated carbocycles. The number of fused-ring (bicyclic) bond motifs is 1. The van der Waals surface area contributed by atoms with Crippen LogP contribution in [0.25, 0.3) is 0 Å². The van der Waals surface area contributed by atoms with Crippen molar-refractivity contribution in [3.8, 4) is 5.75 Å². The Bertz CT molecular complexity index is 834. The van der Waals surface area contributed by atoms with Gasteiger partial charge in [0, 0.05) is 0 Å². The van der Waals surface area contributed by atoms with E-state index in [0.717, 1.165) is 24.3 Å². The molecule has 1 aliphatic rings. The number of nitrogens with one attached hydrogen (secondary N) is 2. The van der Waals surface area contributed by atoms with Crippen molar-refractivity contribution in [1.82, 2.24) is 0 Å². The summed E-state index contributed by atoms with van der Waals surface area (Å²) in [5.74, 6) is -0.531. The molecule has 0 fully saturated rings. The lowest BCUT2D eigenvalue weighted by Gasteiger charge is -2.21. The first kappa shape index (κ1) is 14.3. The largest absolute Gasteiger partial charge is 0.481 e. The van der Waals surface area contributed by atoms with Crippen molar-refractivity contribution in [1.29, 1.82) is 0 Å². The maximum absolute atomic E-state index is 12.9. The monoisotopic (exact) mass is 322 g/mol. The topological polar surface area (TPSA) is 84.5 Å². The van der Waals surface area contributed by atoms with Gasteiger partial charge in [0.25, 0.3) is 15.9 Å². The number of sulfonamides is 1. The first-order chi connectivity index (χ1) is 10.5. The molecule has 0 radical (unpaired) electrons. The molecule has 0 unspecified atom stereocenters. The lowest BCUT2D eigenvalue weighted by Crippen LogP contribution is -2.26. The number of amides is 1. The fraction of sp³-hybridized carbons (Fsp3) is 0.0714. The first-order valence-corrected chi connectivity index (χ1v) is 7.78. The van der Waals surface area contributed by atoms with Crippen molar-refractivity contribution in [2.75, 3.05) is 16.6 Å². The van der Waals surface area contributed by atoms with Gasteiger partial charge in [-0.1, -0.05) is 6.07 Å². The van der Waals surface area contributed by atoms with Crippen LogP contribution in [-0.4, -0.2) is 20.9 Å². The van der Waals surface area contributed by atoms with Gasteiger partial charge < -0.3 is 10.1 Å². The predicted octanol–water partition coefficient (Wildman–Crippen LogP) is 1.96. The molecule has 1 aliphatic heterocycles. The fourth-order valence-corrected chi connectivity index (χ4v) is 3.07. The Kier molecular flexibility index (Phi) is 3.45. The molecule has 0 saturated heterocycles. The molecular weight excluding hydrogens is 311 g/mol. The van der Waals surface area contributed by atoms with Gasteiger partial charge in [0.2, 0.25) is 0 Å². The molecule has 0 aromatic heterocycles.